The fourth-order valence-corrected chi connectivity index (χ4v) is 3.15. The Labute approximate surface area is 170 Å². The second-order valence-corrected chi connectivity index (χ2v) is 7.07. The largest absolute Gasteiger partial charge is 0.354 e. The van der Waals surface area contributed by atoms with Gasteiger partial charge in [-0.3, -0.25) is 9.59 Å². The molecule has 2 rings (SSSR count). The first kappa shape index (κ1) is 21.9. The highest BCUT2D eigenvalue weighted by molar-refractivity contribution is 6.31. The molecule has 0 aliphatic rings. The molecule has 2 aromatic rings. The average Bonchev–Trinajstić information content (AvgIpc) is 2.69. The molecule has 0 saturated heterocycles. The van der Waals surface area contributed by atoms with Gasteiger partial charge < -0.3 is 10.2 Å². The van der Waals surface area contributed by atoms with Crippen LogP contribution in [-0.4, -0.2) is 35.8 Å². The number of benzene rings is 2. The summed E-state index contributed by atoms with van der Waals surface area (Å²) in [5.74, 6) is -1.07. The predicted molar refractivity (Wildman–Crippen MR) is 110 cm³/mol. The Balaban J connectivity index is 2.18. The molecule has 6 heteroatoms. The zero-order chi connectivity index (χ0) is 20.5. The van der Waals surface area contributed by atoms with Crippen molar-refractivity contribution in [2.24, 2.45) is 0 Å². The third-order valence-electron chi connectivity index (χ3n) is 4.59. The minimum Gasteiger partial charge on any atom is -0.354 e. The standard InChI is InChI=1S/C22H26ClFN2O2/c1-3-13-25-22(28)16(2)26(14-12-17-8-5-4-6-9-17)21(27)15-18-19(23)10-7-11-20(18)24/h4-11,16H,3,12-15H2,1-2H3,(H,25,28)/t16-/m1/s1. The number of halogens is 2. The molecule has 1 atom stereocenters. The summed E-state index contributed by atoms with van der Waals surface area (Å²) in [6.07, 6.45) is 1.22. The van der Waals surface area contributed by atoms with Gasteiger partial charge >= 0.3 is 0 Å². The summed E-state index contributed by atoms with van der Waals surface area (Å²) >= 11 is 6.07. The van der Waals surface area contributed by atoms with Crippen LogP contribution in [0.5, 0.6) is 0 Å². The molecule has 4 nitrogen and oxygen atoms in total. The summed E-state index contributed by atoms with van der Waals surface area (Å²) in [4.78, 5) is 26.9. The molecule has 2 aromatic carbocycles. The lowest BCUT2D eigenvalue weighted by atomic mass is 10.1. The predicted octanol–water partition coefficient (Wildman–Crippen LogP) is 4.01. The number of nitrogens with zero attached hydrogens (tertiary/aromatic N) is 1. The topological polar surface area (TPSA) is 49.4 Å². The van der Waals surface area contributed by atoms with Crippen molar-refractivity contribution < 1.29 is 14.0 Å². The zero-order valence-electron chi connectivity index (χ0n) is 16.3. The van der Waals surface area contributed by atoms with E-state index in [-0.39, 0.29) is 28.8 Å². The van der Waals surface area contributed by atoms with Crippen molar-refractivity contribution in [3.63, 3.8) is 0 Å². The molecule has 0 heterocycles. The van der Waals surface area contributed by atoms with E-state index in [9.17, 15) is 14.0 Å². The monoisotopic (exact) mass is 404 g/mol. The molecular weight excluding hydrogens is 379 g/mol. The van der Waals surface area contributed by atoms with Crippen LogP contribution in [0.3, 0.4) is 0 Å². The molecule has 0 fully saturated rings. The molecule has 0 saturated carbocycles. The van der Waals surface area contributed by atoms with Crippen molar-refractivity contribution in [3.8, 4) is 0 Å². The number of hydrogen-bond acceptors (Lipinski definition) is 2. The van der Waals surface area contributed by atoms with Gasteiger partial charge in [0, 0.05) is 23.7 Å². The Hall–Kier alpha value is -2.40. The van der Waals surface area contributed by atoms with Gasteiger partial charge in [-0.15, -0.1) is 0 Å². The molecule has 0 radical (unpaired) electrons. The van der Waals surface area contributed by atoms with E-state index in [1.165, 1.54) is 17.0 Å². The van der Waals surface area contributed by atoms with Crippen molar-refractivity contribution in [2.75, 3.05) is 13.1 Å². The summed E-state index contributed by atoms with van der Waals surface area (Å²) in [5, 5.41) is 3.03. The van der Waals surface area contributed by atoms with Gasteiger partial charge in [0.15, 0.2) is 0 Å². The van der Waals surface area contributed by atoms with Gasteiger partial charge in [0.1, 0.15) is 11.9 Å². The fraction of sp³-hybridized carbons (Fsp3) is 0.364. The maximum absolute atomic E-state index is 14.1. The molecule has 0 aromatic heterocycles. The van der Waals surface area contributed by atoms with Crippen LogP contribution in [0.25, 0.3) is 0 Å². The first-order valence-electron chi connectivity index (χ1n) is 9.48. The smallest absolute Gasteiger partial charge is 0.242 e. The minimum atomic E-state index is -0.659. The van der Waals surface area contributed by atoms with Gasteiger partial charge in [-0.05, 0) is 37.5 Å². The third-order valence-corrected chi connectivity index (χ3v) is 4.94. The quantitative estimate of drug-likeness (QED) is 0.686. The molecule has 0 aliphatic carbocycles. The fourth-order valence-electron chi connectivity index (χ4n) is 2.92. The van der Waals surface area contributed by atoms with E-state index in [4.69, 9.17) is 11.6 Å². The minimum absolute atomic E-state index is 0.153. The van der Waals surface area contributed by atoms with Gasteiger partial charge in [-0.25, -0.2) is 4.39 Å². The van der Waals surface area contributed by atoms with E-state index in [2.05, 4.69) is 5.32 Å². The number of rotatable bonds is 9. The van der Waals surface area contributed by atoms with E-state index in [1.54, 1.807) is 13.0 Å². The molecule has 0 bridgehead atoms. The molecular formula is C22H26ClFN2O2. The van der Waals surface area contributed by atoms with Crippen LogP contribution in [0.2, 0.25) is 5.02 Å². The first-order chi connectivity index (χ1) is 13.4. The van der Waals surface area contributed by atoms with Crippen LogP contribution in [0.15, 0.2) is 48.5 Å². The lowest BCUT2D eigenvalue weighted by Crippen LogP contribution is -2.49. The molecule has 150 valence electrons. The van der Waals surface area contributed by atoms with Crippen molar-refractivity contribution in [2.45, 2.75) is 39.2 Å². The normalized spacial score (nSPS) is 11.7. The Morgan fingerprint density at radius 1 is 1.14 bits per heavy atom. The van der Waals surface area contributed by atoms with Crippen LogP contribution in [0.1, 0.15) is 31.4 Å². The van der Waals surface area contributed by atoms with Crippen LogP contribution in [-0.2, 0) is 22.4 Å². The van der Waals surface area contributed by atoms with E-state index in [0.29, 0.717) is 19.5 Å². The number of hydrogen-bond donors (Lipinski definition) is 1. The Morgan fingerprint density at radius 3 is 2.50 bits per heavy atom. The summed E-state index contributed by atoms with van der Waals surface area (Å²) in [6, 6.07) is 13.4. The summed E-state index contributed by atoms with van der Waals surface area (Å²) in [5.41, 5.74) is 1.21. The summed E-state index contributed by atoms with van der Waals surface area (Å²) < 4.78 is 14.1. The van der Waals surface area contributed by atoms with Crippen LogP contribution in [0.4, 0.5) is 4.39 Å². The number of carbonyl (C=O) groups is 2. The lowest BCUT2D eigenvalue weighted by Gasteiger charge is -2.29. The third kappa shape index (κ3) is 6.06. The Kier molecular flexibility index (Phi) is 8.45. The molecule has 1 N–H and O–H groups in total. The van der Waals surface area contributed by atoms with Crippen molar-refractivity contribution in [1.82, 2.24) is 10.2 Å². The van der Waals surface area contributed by atoms with Crippen LogP contribution >= 0.6 is 11.6 Å². The van der Waals surface area contributed by atoms with Crippen molar-refractivity contribution in [3.05, 3.63) is 70.5 Å². The molecule has 0 unspecified atom stereocenters. The highest BCUT2D eigenvalue weighted by Gasteiger charge is 2.26. The average molecular weight is 405 g/mol. The first-order valence-corrected chi connectivity index (χ1v) is 9.85. The van der Waals surface area contributed by atoms with Gasteiger partial charge in [0.2, 0.25) is 11.8 Å². The van der Waals surface area contributed by atoms with E-state index in [1.807, 2.05) is 37.3 Å². The Morgan fingerprint density at radius 2 is 1.86 bits per heavy atom. The second kappa shape index (κ2) is 10.8. The van der Waals surface area contributed by atoms with E-state index in [0.717, 1.165) is 12.0 Å². The van der Waals surface area contributed by atoms with Crippen LogP contribution < -0.4 is 5.32 Å². The Bertz CT molecular complexity index is 778. The van der Waals surface area contributed by atoms with Crippen LogP contribution in [0, 0.1) is 5.82 Å². The molecule has 0 spiro atoms. The highest BCUT2D eigenvalue weighted by atomic mass is 35.5. The number of carbonyl (C=O) groups excluding carboxylic acids is 2. The van der Waals surface area contributed by atoms with Crippen molar-refractivity contribution >= 4 is 23.4 Å². The van der Waals surface area contributed by atoms with Gasteiger partial charge in [-0.1, -0.05) is 54.9 Å². The summed E-state index contributed by atoms with van der Waals surface area (Å²) in [6.45, 7) is 4.55. The molecule has 28 heavy (non-hydrogen) atoms. The maximum atomic E-state index is 14.1. The van der Waals surface area contributed by atoms with E-state index >= 15 is 0 Å². The van der Waals surface area contributed by atoms with Crippen molar-refractivity contribution in [1.29, 1.82) is 0 Å². The number of amides is 2. The van der Waals surface area contributed by atoms with E-state index < -0.39 is 11.9 Å². The lowest BCUT2D eigenvalue weighted by molar-refractivity contribution is -0.139. The van der Waals surface area contributed by atoms with Gasteiger partial charge in [0.05, 0.1) is 6.42 Å². The SMILES string of the molecule is CCCNC(=O)[C@@H](C)N(CCc1ccccc1)C(=O)Cc1c(F)cccc1Cl. The molecule has 0 aliphatic heterocycles. The molecule has 2 amide bonds. The second-order valence-electron chi connectivity index (χ2n) is 6.67. The maximum Gasteiger partial charge on any atom is 0.242 e. The van der Waals surface area contributed by atoms with Gasteiger partial charge in [-0.2, -0.15) is 0 Å². The van der Waals surface area contributed by atoms with Gasteiger partial charge in [0.25, 0.3) is 0 Å². The number of nitrogens with one attached hydrogen (secondary N) is 1. The zero-order valence-corrected chi connectivity index (χ0v) is 17.0. The highest BCUT2D eigenvalue weighted by Crippen LogP contribution is 2.21. The summed E-state index contributed by atoms with van der Waals surface area (Å²) in [7, 11) is 0.